The molecule has 0 fully saturated rings. The van der Waals surface area contributed by atoms with Gasteiger partial charge in [-0.1, -0.05) is 22.8 Å². The molecule has 4 rings (SSSR count). The van der Waals surface area contributed by atoms with Crippen LogP contribution in [0.1, 0.15) is 23.6 Å². The number of fused-ring (bicyclic) bond motifs is 1. The molecule has 0 amide bonds. The number of hydrogen-bond acceptors (Lipinski definition) is 8. The van der Waals surface area contributed by atoms with Crippen molar-refractivity contribution in [3.63, 3.8) is 0 Å². The molecule has 10 heteroatoms. The molecule has 1 unspecified atom stereocenters. The molecule has 7 nitrogen and oxygen atoms in total. The summed E-state index contributed by atoms with van der Waals surface area (Å²) < 4.78 is 41.8. The largest absolute Gasteiger partial charge is 0.486 e. The fourth-order valence-corrected chi connectivity index (χ4v) is 4.89. The first kappa shape index (κ1) is 18.3. The average Bonchev–Trinajstić information content (AvgIpc) is 3.32. The Kier molecular flexibility index (Phi) is 4.83. The van der Waals surface area contributed by atoms with Crippen molar-refractivity contribution in [2.45, 2.75) is 17.9 Å². The van der Waals surface area contributed by atoms with Gasteiger partial charge in [0.05, 0.1) is 15.7 Å². The van der Waals surface area contributed by atoms with Crippen LogP contribution in [0.25, 0.3) is 10.7 Å². The summed E-state index contributed by atoms with van der Waals surface area (Å²) in [5.41, 5.74) is 0.508. The molecule has 0 N–H and O–H groups in total. The van der Waals surface area contributed by atoms with Crippen LogP contribution in [0.5, 0.6) is 11.5 Å². The van der Waals surface area contributed by atoms with Crippen molar-refractivity contribution in [3.8, 4) is 22.2 Å². The molecule has 1 aromatic carbocycles. The number of halogens is 1. The predicted molar refractivity (Wildman–Crippen MR) is 101 cm³/mol. The molecule has 1 aliphatic heterocycles. The van der Waals surface area contributed by atoms with Gasteiger partial charge in [-0.15, -0.1) is 11.3 Å². The smallest absolute Gasteiger partial charge is 0.245 e. The van der Waals surface area contributed by atoms with Gasteiger partial charge in [0.1, 0.15) is 18.5 Å². The van der Waals surface area contributed by atoms with E-state index < -0.39 is 15.1 Å². The Morgan fingerprint density at radius 3 is 2.89 bits per heavy atom. The Hall–Kier alpha value is -2.10. The molecule has 3 aromatic rings. The Labute approximate surface area is 164 Å². The molecule has 0 aliphatic carbocycles. The molecule has 0 spiro atoms. The first-order valence-electron chi connectivity index (χ1n) is 8.11. The molecule has 0 saturated heterocycles. The van der Waals surface area contributed by atoms with Crippen molar-refractivity contribution < 1.29 is 22.4 Å². The molecular formula is C17H15ClN2O5S2. The van der Waals surface area contributed by atoms with Gasteiger partial charge in [-0.25, -0.2) is 8.42 Å². The van der Waals surface area contributed by atoms with Gasteiger partial charge < -0.3 is 14.0 Å². The van der Waals surface area contributed by atoms with E-state index in [1.807, 2.05) is 17.5 Å². The van der Waals surface area contributed by atoms with Gasteiger partial charge in [-0.3, -0.25) is 0 Å². The van der Waals surface area contributed by atoms with Crippen molar-refractivity contribution in [2.75, 3.05) is 13.2 Å². The van der Waals surface area contributed by atoms with E-state index in [0.717, 1.165) is 4.88 Å². The Bertz CT molecular complexity index is 1060. The Morgan fingerprint density at radius 2 is 2.11 bits per heavy atom. The maximum atomic E-state index is 12.8. The van der Waals surface area contributed by atoms with Gasteiger partial charge in [0.25, 0.3) is 0 Å². The van der Waals surface area contributed by atoms with Crippen LogP contribution in [0, 0.1) is 0 Å². The molecule has 3 heterocycles. The van der Waals surface area contributed by atoms with E-state index in [-0.39, 0.29) is 11.6 Å². The summed E-state index contributed by atoms with van der Waals surface area (Å²) in [5.74, 6) is 1.09. The van der Waals surface area contributed by atoms with E-state index in [4.69, 9.17) is 25.6 Å². The van der Waals surface area contributed by atoms with Crippen LogP contribution in [0.15, 0.2) is 34.2 Å². The van der Waals surface area contributed by atoms with Crippen molar-refractivity contribution in [1.82, 2.24) is 10.1 Å². The third-order valence-corrected chi connectivity index (χ3v) is 7.26. The molecule has 142 valence electrons. The number of benzene rings is 1. The number of hydrogen-bond donors (Lipinski definition) is 0. The van der Waals surface area contributed by atoms with E-state index in [2.05, 4.69) is 10.1 Å². The van der Waals surface area contributed by atoms with E-state index in [0.29, 0.717) is 41.1 Å². The number of sulfone groups is 1. The average molecular weight is 427 g/mol. The SMILES string of the molecule is CC(c1nc(-c2cccs2)no1)S(=O)(=O)Cc1cc(Cl)c2c(c1)OCCO2. The zero-order valence-electron chi connectivity index (χ0n) is 14.2. The number of ether oxygens (including phenoxy) is 2. The highest BCUT2D eigenvalue weighted by atomic mass is 35.5. The van der Waals surface area contributed by atoms with Crippen LogP contribution >= 0.6 is 22.9 Å². The second kappa shape index (κ2) is 7.14. The van der Waals surface area contributed by atoms with E-state index in [9.17, 15) is 8.42 Å². The molecule has 27 heavy (non-hydrogen) atoms. The normalized spacial score (nSPS) is 14.9. The van der Waals surface area contributed by atoms with Crippen molar-refractivity contribution in [3.05, 3.63) is 46.1 Å². The topological polar surface area (TPSA) is 91.5 Å². The van der Waals surface area contributed by atoms with E-state index in [1.54, 1.807) is 12.1 Å². The Balaban J connectivity index is 1.57. The highest BCUT2D eigenvalue weighted by Gasteiger charge is 2.29. The minimum absolute atomic E-state index is 0.0574. The molecule has 2 aromatic heterocycles. The van der Waals surface area contributed by atoms with Gasteiger partial charge in [0, 0.05) is 0 Å². The number of rotatable bonds is 5. The summed E-state index contributed by atoms with van der Waals surface area (Å²) in [5, 5.41) is 5.13. The lowest BCUT2D eigenvalue weighted by Crippen LogP contribution is -2.17. The fourth-order valence-electron chi connectivity index (χ4n) is 2.66. The highest BCUT2D eigenvalue weighted by molar-refractivity contribution is 7.90. The van der Waals surface area contributed by atoms with Gasteiger partial charge >= 0.3 is 0 Å². The summed E-state index contributed by atoms with van der Waals surface area (Å²) >= 11 is 7.64. The lowest BCUT2D eigenvalue weighted by Gasteiger charge is -2.20. The lowest BCUT2D eigenvalue weighted by molar-refractivity contribution is 0.171. The Morgan fingerprint density at radius 1 is 1.30 bits per heavy atom. The monoisotopic (exact) mass is 426 g/mol. The van der Waals surface area contributed by atoms with Gasteiger partial charge in [0.2, 0.25) is 11.7 Å². The first-order valence-corrected chi connectivity index (χ1v) is 11.1. The number of aromatic nitrogens is 2. The third kappa shape index (κ3) is 3.67. The van der Waals surface area contributed by atoms with Crippen LogP contribution in [0.2, 0.25) is 5.02 Å². The van der Waals surface area contributed by atoms with Gasteiger partial charge in [-0.2, -0.15) is 4.98 Å². The lowest BCUT2D eigenvalue weighted by atomic mass is 10.2. The van der Waals surface area contributed by atoms with E-state index in [1.165, 1.54) is 18.3 Å². The maximum absolute atomic E-state index is 12.8. The van der Waals surface area contributed by atoms with Crippen LogP contribution in [0.4, 0.5) is 0 Å². The molecule has 0 radical (unpaired) electrons. The molecule has 1 atom stereocenters. The standard InChI is InChI=1S/C17H15ClN2O5S2/c1-10(17-19-16(20-25-17)14-3-2-6-26-14)27(21,22)9-11-7-12(18)15-13(8-11)23-4-5-24-15/h2-3,6-8,10H,4-5,9H2,1H3. The van der Waals surface area contributed by atoms with Crippen molar-refractivity contribution in [1.29, 1.82) is 0 Å². The third-order valence-electron chi connectivity index (χ3n) is 4.09. The summed E-state index contributed by atoms with van der Waals surface area (Å²) in [7, 11) is -3.61. The van der Waals surface area contributed by atoms with Crippen LogP contribution in [0.3, 0.4) is 0 Å². The summed E-state index contributed by atoms with van der Waals surface area (Å²) in [6.45, 7) is 2.33. The molecule has 0 saturated carbocycles. The minimum Gasteiger partial charge on any atom is -0.486 e. The van der Waals surface area contributed by atoms with E-state index >= 15 is 0 Å². The summed E-state index contributed by atoms with van der Waals surface area (Å²) in [4.78, 5) is 5.04. The summed E-state index contributed by atoms with van der Waals surface area (Å²) in [6.07, 6.45) is 0. The van der Waals surface area contributed by atoms with Crippen LogP contribution in [-0.4, -0.2) is 31.8 Å². The summed E-state index contributed by atoms with van der Waals surface area (Å²) in [6, 6.07) is 6.91. The first-order chi connectivity index (χ1) is 12.9. The second-order valence-corrected chi connectivity index (χ2v) is 9.66. The molecular weight excluding hydrogens is 412 g/mol. The van der Waals surface area contributed by atoms with Gasteiger partial charge in [0.15, 0.2) is 21.3 Å². The number of thiophene rings is 1. The quantitative estimate of drug-likeness (QED) is 0.610. The molecule has 0 bridgehead atoms. The maximum Gasteiger partial charge on any atom is 0.245 e. The second-order valence-electron chi connectivity index (χ2n) is 5.98. The fraction of sp³-hybridized carbons (Fsp3) is 0.294. The highest BCUT2D eigenvalue weighted by Crippen LogP contribution is 2.39. The zero-order chi connectivity index (χ0) is 19.0. The van der Waals surface area contributed by atoms with Crippen LogP contribution in [-0.2, 0) is 15.6 Å². The predicted octanol–water partition coefficient (Wildman–Crippen LogP) is 3.90. The minimum atomic E-state index is -3.61. The van der Waals surface area contributed by atoms with Crippen molar-refractivity contribution in [2.24, 2.45) is 0 Å². The number of nitrogens with zero attached hydrogens (tertiary/aromatic N) is 2. The van der Waals surface area contributed by atoms with Crippen molar-refractivity contribution >= 4 is 32.8 Å². The zero-order valence-corrected chi connectivity index (χ0v) is 16.6. The van der Waals surface area contributed by atoms with Crippen LogP contribution < -0.4 is 9.47 Å². The van der Waals surface area contributed by atoms with Gasteiger partial charge in [-0.05, 0) is 36.1 Å². The molecule has 1 aliphatic rings.